The summed E-state index contributed by atoms with van der Waals surface area (Å²) in [5.74, 6) is 0.623. The summed E-state index contributed by atoms with van der Waals surface area (Å²) < 4.78 is 0. The van der Waals surface area contributed by atoms with Gasteiger partial charge >= 0.3 is 0 Å². The van der Waals surface area contributed by atoms with Crippen molar-refractivity contribution < 1.29 is 4.79 Å². The van der Waals surface area contributed by atoms with Crippen LogP contribution in [0.25, 0.3) is 0 Å². The molecule has 1 amide bonds. The van der Waals surface area contributed by atoms with Gasteiger partial charge in [0.15, 0.2) is 5.96 Å². The van der Waals surface area contributed by atoms with Gasteiger partial charge in [0.1, 0.15) is 0 Å². The molecule has 1 aromatic carbocycles. The normalized spacial score (nSPS) is 14.7. The largest absolute Gasteiger partial charge is 0.356 e. The molecule has 0 saturated carbocycles. The van der Waals surface area contributed by atoms with E-state index in [-0.39, 0.29) is 12.5 Å². The third-order valence-electron chi connectivity index (χ3n) is 4.10. The molecule has 1 aliphatic rings. The fraction of sp³-hybridized carbons (Fsp3) is 0.474. The first-order chi connectivity index (χ1) is 11.8. The van der Waals surface area contributed by atoms with Crippen LogP contribution in [0.5, 0.6) is 0 Å². The first kappa shape index (κ1) is 18.0. The highest BCUT2D eigenvalue weighted by Crippen LogP contribution is 2.19. The van der Waals surface area contributed by atoms with Gasteiger partial charge in [-0.25, -0.2) is 0 Å². The molecule has 0 aliphatic heterocycles. The van der Waals surface area contributed by atoms with Crippen molar-refractivity contribution in [3.8, 4) is 0 Å². The Hall–Kier alpha value is -2.30. The number of nitrogens with zero attached hydrogens (tertiary/aromatic N) is 1. The minimum Gasteiger partial charge on any atom is -0.356 e. The lowest BCUT2D eigenvalue weighted by Crippen LogP contribution is -2.43. The molecule has 1 aromatic rings. The van der Waals surface area contributed by atoms with E-state index in [1.54, 1.807) is 7.05 Å². The molecule has 0 spiro atoms. The molecule has 1 aliphatic carbocycles. The van der Waals surface area contributed by atoms with Crippen molar-refractivity contribution in [1.29, 1.82) is 0 Å². The molecular formula is C19H28N4O. The number of amides is 1. The van der Waals surface area contributed by atoms with E-state index in [2.05, 4.69) is 27.0 Å². The highest BCUT2D eigenvalue weighted by atomic mass is 16.1. The summed E-state index contributed by atoms with van der Waals surface area (Å²) in [4.78, 5) is 16.0. The zero-order valence-corrected chi connectivity index (χ0v) is 14.5. The molecule has 0 atom stereocenters. The highest BCUT2D eigenvalue weighted by molar-refractivity contribution is 5.86. The quantitative estimate of drug-likeness (QED) is 0.409. The maximum atomic E-state index is 11.9. The van der Waals surface area contributed by atoms with Crippen molar-refractivity contribution in [3.05, 3.63) is 47.5 Å². The van der Waals surface area contributed by atoms with Gasteiger partial charge in [-0.1, -0.05) is 42.0 Å². The Morgan fingerprint density at radius 3 is 2.67 bits per heavy atom. The van der Waals surface area contributed by atoms with Crippen LogP contribution in [0.4, 0.5) is 0 Å². The van der Waals surface area contributed by atoms with E-state index in [1.165, 1.54) is 31.3 Å². The first-order valence-corrected chi connectivity index (χ1v) is 8.71. The molecule has 130 valence electrons. The Morgan fingerprint density at radius 1 is 1.12 bits per heavy atom. The van der Waals surface area contributed by atoms with Crippen LogP contribution in [0.1, 0.15) is 37.7 Å². The van der Waals surface area contributed by atoms with Crippen molar-refractivity contribution in [2.45, 2.75) is 38.6 Å². The van der Waals surface area contributed by atoms with Crippen LogP contribution in [0.2, 0.25) is 0 Å². The molecule has 3 N–H and O–H groups in total. The number of benzene rings is 1. The van der Waals surface area contributed by atoms with E-state index >= 15 is 0 Å². The number of nitrogens with one attached hydrogen (secondary N) is 3. The Balaban J connectivity index is 1.61. The predicted molar refractivity (Wildman–Crippen MR) is 98.8 cm³/mol. The third kappa shape index (κ3) is 6.86. The number of hydrogen-bond donors (Lipinski definition) is 3. The van der Waals surface area contributed by atoms with E-state index < -0.39 is 0 Å². The van der Waals surface area contributed by atoms with Gasteiger partial charge in [0.25, 0.3) is 0 Å². The van der Waals surface area contributed by atoms with E-state index in [0.717, 1.165) is 18.5 Å². The second-order valence-corrected chi connectivity index (χ2v) is 5.97. The molecule has 0 unspecified atom stereocenters. The average molecular weight is 328 g/mol. The number of guanidine groups is 1. The van der Waals surface area contributed by atoms with Gasteiger partial charge in [0, 0.05) is 20.1 Å². The zero-order valence-electron chi connectivity index (χ0n) is 14.5. The Kier molecular flexibility index (Phi) is 7.87. The van der Waals surface area contributed by atoms with Gasteiger partial charge < -0.3 is 16.0 Å². The standard InChI is InChI=1S/C19H28N4O/c1-20-19(21-13-12-16-8-4-2-5-9-16)23-15-18(24)22-14-17-10-6-3-7-11-17/h3,6-8,10-11H,2,4-5,9,12-15H2,1H3,(H,22,24)(H2,20,21,23). The van der Waals surface area contributed by atoms with Crippen LogP contribution in [0.3, 0.4) is 0 Å². The summed E-state index contributed by atoms with van der Waals surface area (Å²) in [6.07, 6.45) is 8.46. The van der Waals surface area contributed by atoms with Crippen LogP contribution in [0.15, 0.2) is 47.0 Å². The number of allylic oxidation sites excluding steroid dienone is 1. The number of hydrogen-bond acceptors (Lipinski definition) is 2. The molecule has 5 nitrogen and oxygen atoms in total. The summed E-state index contributed by atoms with van der Waals surface area (Å²) in [7, 11) is 1.72. The topological polar surface area (TPSA) is 65.5 Å². The fourth-order valence-electron chi connectivity index (χ4n) is 2.72. The van der Waals surface area contributed by atoms with Crippen LogP contribution in [0, 0.1) is 0 Å². The van der Waals surface area contributed by atoms with Crippen molar-refractivity contribution >= 4 is 11.9 Å². The second-order valence-electron chi connectivity index (χ2n) is 5.97. The molecule has 5 heteroatoms. The predicted octanol–water partition coefficient (Wildman–Crippen LogP) is 2.36. The monoisotopic (exact) mass is 328 g/mol. The maximum absolute atomic E-state index is 11.9. The first-order valence-electron chi connectivity index (χ1n) is 8.71. The molecule has 0 radical (unpaired) electrons. The number of carbonyl (C=O) groups excluding carboxylic acids is 1. The van der Waals surface area contributed by atoms with Crippen LogP contribution >= 0.6 is 0 Å². The smallest absolute Gasteiger partial charge is 0.239 e. The van der Waals surface area contributed by atoms with Crippen molar-refractivity contribution in [2.75, 3.05) is 20.1 Å². The van der Waals surface area contributed by atoms with Gasteiger partial charge in [0.2, 0.25) is 5.91 Å². The molecule has 0 aromatic heterocycles. The lowest BCUT2D eigenvalue weighted by molar-refractivity contribution is -0.120. The van der Waals surface area contributed by atoms with Crippen LogP contribution < -0.4 is 16.0 Å². The minimum absolute atomic E-state index is 0.0446. The lowest BCUT2D eigenvalue weighted by Gasteiger charge is -2.15. The molecule has 0 fully saturated rings. The third-order valence-corrected chi connectivity index (χ3v) is 4.10. The summed E-state index contributed by atoms with van der Waals surface area (Å²) in [5, 5.41) is 9.21. The summed E-state index contributed by atoms with van der Waals surface area (Å²) in [5.41, 5.74) is 2.62. The fourth-order valence-corrected chi connectivity index (χ4v) is 2.72. The number of rotatable bonds is 7. The van der Waals surface area contributed by atoms with Crippen molar-refractivity contribution in [1.82, 2.24) is 16.0 Å². The molecule has 0 saturated heterocycles. The van der Waals surface area contributed by atoms with E-state index in [4.69, 9.17) is 0 Å². The summed E-state index contributed by atoms with van der Waals surface area (Å²) in [6.45, 7) is 1.61. The molecular weight excluding hydrogens is 300 g/mol. The average Bonchev–Trinajstić information content (AvgIpc) is 2.64. The molecule has 0 heterocycles. The van der Waals surface area contributed by atoms with Crippen molar-refractivity contribution in [2.24, 2.45) is 4.99 Å². The summed E-state index contributed by atoms with van der Waals surface area (Å²) >= 11 is 0. The lowest BCUT2D eigenvalue weighted by atomic mass is 9.97. The maximum Gasteiger partial charge on any atom is 0.239 e. The van der Waals surface area contributed by atoms with Gasteiger partial charge in [0.05, 0.1) is 6.54 Å². The Morgan fingerprint density at radius 2 is 1.96 bits per heavy atom. The van der Waals surface area contributed by atoms with Gasteiger partial charge in [-0.2, -0.15) is 0 Å². The Labute approximate surface area is 144 Å². The van der Waals surface area contributed by atoms with Gasteiger partial charge in [-0.05, 0) is 37.7 Å². The minimum atomic E-state index is -0.0446. The Bertz CT molecular complexity index is 566. The highest BCUT2D eigenvalue weighted by Gasteiger charge is 2.05. The van der Waals surface area contributed by atoms with Crippen LogP contribution in [-0.2, 0) is 11.3 Å². The van der Waals surface area contributed by atoms with Gasteiger partial charge in [-0.3, -0.25) is 9.79 Å². The second kappa shape index (κ2) is 10.5. The SMILES string of the molecule is CN=C(NCCC1=CCCCC1)NCC(=O)NCc1ccccc1. The zero-order chi connectivity index (χ0) is 17.0. The molecule has 0 bridgehead atoms. The van der Waals surface area contributed by atoms with Gasteiger partial charge in [-0.15, -0.1) is 0 Å². The van der Waals surface area contributed by atoms with E-state index in [9.17, 15) is 4.79 Å². The van der Waals surface area contributed by atoms with E-state index in [0.29, 0.717) is 12.5 Å². The number of carbonyl (C=O) groups is 1. The molecule has 24 heavy (non-hydrogen) atoms. The van der Waals surface area contributed by atoms with Crippen molar-refractivity contribution in [3.63, 3.8) is 0 Å². The van der Waals surface area contributed by atoms with E-state index in [1.807, 2.05) is 30.3 Å². The number of aliphatic imine (C=N–C) groups is 1. The summed E-state index contributed by atoms with van der Waals surface area (Å²) in [6, 6.07) is 9.88. The molecule has 2 rings (SSSR count). The van der Waals surface area contributed by atoms with Crippen LogP contribution in [-0.4, -0.2) is 32.0 Å².